The first kappa shape index (κ1) is 20.8. The van der Waals surface area contributed by atoms with Crippen LogP contribution in [0.2, 0.25) is 0 Å². The van der Waals surface area contributed by atoms with Crippen LogP contribution in [0.1, 0.15) is 68.2 Å². The number of carbonyl (C=O) groups is 1. The SMILES string of the molecule is CC(C)c1cccc(C(C)C)c1C=CCCNC(=O)OCc1ccccc1. The molecule has 0 spiro atoms. The monoisotopic (exact) mass is 365 g/mol. The van der Waals surface area contributed by atoms with E-state index in [0.29, 0.717) is 25.0 Å². The highest BCUT2D eigenvalue weighted by Gasteiger charge is 2.11. The van der Waals surface area contributed by atoms with Gasteiger partial charge in [-0.05, 0) is 40.5 Å². The molecule has 0 saturated heterocycles. The van der Waals surface area contributed by atoms with Crippen LogP contribution in [-0.2, 0) is 11.3 Å². The van der Waals surface area contributed by atoms with Crippen LogP contribution in [0.3, 0.4) is 0 Å². The number of carbonyl (C=O) groups excluding carboxylic acids is 1. The van der Waals surface area contributed by atoms with Crippen LogP contribution in [0.4, 0.5) is 4.79 Å². The molecular formula is C24H31NO2. The fraction of sp³-hybridized carbons (Fsp3) is 0.375. The lowest BCUT2D eigenvalue weighted by Gasteiger charge is -2.17. The van der Waals surface area contributed by atoms with Gasteiger partial charge in [0.1, 0.15) is 6.61 Å². The van der Waals surface area contributed by atoms with Crippen molar-refractivity contribution in [3.63, 3.8) is 0 Å². The molecular weight excluding hydrogens is 334 g/mol. The molecule has 3 heteroatoms. The van der Waals surface area contributed by atoms with Gasteiger partial charge in [-0.2, -0.15) is 0 Å². The number of nitrogens with one attached hydrogen (secondary N) is 1. The van der Waals surface area contributed by atoms with Gasteiger partial charge in [0.25, 0.3) is 0 Å². The van der Waals surface area contributed by atoms with Gasteiger partial charge in [-0.15, -0.1) is 0 Å². The number of amides is 1. The summed E-state index contributed by atoms with van der Waals surface area (Å²) < 4.78 is 5.22. The van der Waals surface area contributed by atoms with Crippen LogP contribution >= 0.6 is 0 Å². The van der Waals surface area contributed by atoms with E-state index in [2.05, 4.69) is 63.4 Å². The Morgan fingerprint density at radius 1 is 0.963 bits per heavy atom. The Labute approximate surface area is 163 Å². The van der Waals surface area contributed by atoms with Crippen LogP contribution in [0.5, 0.6) is 0 Å². The molecule has 0 unspecified atom stereocenters. The van der Waals surface area contributed by atoms with Crippen LogP contribution in [0.25, 0.3) is 6.08 Å². The minimum Gasteiger partial charge on any atom is -0.445 e. The van der Waals surface area contributed by atoms with Crippen LogP contribution in [0, 0.1) is 0 Å². The molecule has 0 fully saturated rings. The third kappa shape index (κ3) is 6.59. The molecule has 27 heavy (non-hydrogen) atoms. The van der Waals surface area contributed by atoms with Gasteiger partial charge in [0.2, 0.25) is 0 Å². The smallest absolute Gasteiger partial charge is 0.407 e. The number of rotatable bonds is 8. The largest absolute Gasteiger partial charge is 0.445 e. The van der Waals surface area contributed by atoms with Crippen molar-refractivity contribution in [2.45, 2.75) is 52.6 Å². The van der Waals surface area contributed by atoms with E-state index in [1.165, 1.54) is 16.7 Å². The Morgan fingerprint density at radius 2 is 1.59 bits per heavy atom. The molecule has 144 valence electrons. The van der Waals surface area contributed by atoms with Crippen LogP contribution < -0.4 is 5.32 Å². The second-order valence-electron chi connectivity index (χ2n) is 7.34. The second kappa shape index (κ2) is 10.6. The Kier molecular flexibility index (Phi) is 8.12. The lowest BCUT2D eigenvalue weighted by atomic mass is 9.88. The van der Waals surface area contributed by atoms with Crippen molar-refractivity contribution >= 4 is 12.2 Å². The Bertz CT molecular complexity index is 722. The van der Waals surface area contributed by atoms with Crippen LogP contribution in [0.15, 0.2) is 54.6 Å². The molecule has 2 rings (SSSR count). The van der Waals surface area contributed by atoms with Gasteiger partial charge < -0.3 is 10.1 Å². The van der Waals surface area contributed by atoms with Crippen molar-refractivity contribution in [2.75, 3.05) is 6.54 Å². The molecule has 1 N–H and O–H groups in total. The third-order valence-electron chi connectivity index (χ3n) is 4.50. The zero-order chi connectivity index (χ0) is 19.6. The van der Waals surface area contributed by atoms with E-state index in [1.54, 1.807) is 0 Å². The van der Waals surface area contributed by atoms with E-state index in [-0.39, 0.29) is 6.09 Å². The molecule has 0 saturated carbocycles. The van der Waals surface area contributed by atoms with Crippen molar-refractivity contribution in [1.29, 1.82) is 0 Å². The molecule has 0 atom stereocenters. The number of hydrogen-bond donors (Lipinski definition) is 1. The van der Waals surface area contributed by atoms with E-state index in [0.717, 1.165) is 12.0 Å². The topological polar surface area (TPSA) is 38.3 Å². The van der Waals surface area contributed by atoms with E-state index in [9.17, 15) is 4.79 Å². The van der Waals surface area contributed by atoms with Gasteiger partial charge in [-0.25, -0.2) is 4.79 Å². The highest BCUT2D eigenvalue weighted by molar-refractivity contribution is 5.67. The molecule has 0 bridgehead atoms. The van der Waals surface area contributed by atoms with E-state index >= 15 is 0 Å². The molecule has 0 aliphatic heterocycles. The summed E-state index contributed by atoms with van der Waals surface area (Å²) in [5, 5.41) is 2.80. The summed E-state index contributed by atoms with van der Waals surface area (Å²) in [6.45, 7) is 9.75. The summed E-state index contributed by atoms with van der Waals surface area (Å²) in [5.41, 5.74) is 5.04. The summed E-state index contributed by atoms with van der Waals surface area (Å²) >= 11 is 0. The molecule has 2 aromatic carbocycles. The molecule has 2 aromatic rings. The number of alkyl carbamates (subject to hydrolysis) is 1. The van der Waals surface area contributed by atoms with Gasteiger partial charge in [-0.1, -0.05) is 88.4 Å². The first-order valence-electron chi connectivity index (χ1n) is 9.73. The molecule has 1 amide bonds. The van der Waals surface area contributed by atoms with Gasteiger partial charge in [0.05, 0.1) is 0 Å². The minimum absolute atomic E-state index is 0.294. The zero-order valence-corrected chi connectivity index (χ0v) is 16.9. The predicted octanol–water partition coefficient (Wildman–Crippen LogP) is 6.26. The average Bonchev–Trinajstić information content (AvgIpc) is 2.66. The average molecular weight is 366 g/mol. The Balaban J connectivity index is 1.84. The summed E-state index contributed by atoms with van der Waals surface area (Å²) in [6, 6.07) is 16.2. The maximum Gasteiger partial charge on any atom is 0.407 e. The molecule has 3 nitrogen and oxygen atoms in total. The first-order valence-corrected chi connectivity index (χ1v) is 9.73. The fourth-order valence-electron chi connectivity index (χ4n) is 3.03. The Hall–Kier alpha value is -2.55. The van der Waals surface area contributed by atoms with E-state index < -0.39 is 0 Å². The minimum atomic E-state index is -0.377. The van der Waals surface area contributed by atoms with Crippen molar-refractivity contribution in [1.82, 2.24) is 5.32 Å². The van der Waals surface area contributed by atoms with E-state index in [1.807, 2.05) is 30.3 Å². The Morgan fingerprint density at radius 3 is 2.19 bits per heavy atom. The summed E-state index contributed by atoms with van der Waals surface area (Å²) in [6.07, 6.45) is 4.72. The number of ether oxygens (including phenoxy) is 1. The number of benzene rings is 2. The lowest BCUT2D eigenvalue weighted by molar-refractivity contribution is 0.140. The van der Waals surface area contributed by atoms with Gasteiger partial charge >= 0.3 is 6.09 Å². The van der Waals surface area contributed by atoms with Crippen molar-refractivity contribution in [3.05, 3.63) is 76.9 Å². The maximum absolute atomic E-state index is 11.8. The maximum atomic E-state index is 11.8. The highest BCUT2D eigenvalue weighted by atomic mass is 16.5. The quantitative estimate of drug-likeness (QED) is 0.560. The first-order chi connectivity index (χ1) is 13.0. The van der Waals surface area contributed by atoms with E-state index in [4.69, 9.17) is 4.74 Å². The fourth-order valence-corrected chi connectivity index (χ4v) is 3.03. The van der Waals surface area contributed by atoms with Gasteiger partial charge in [-0.3, -0.25) is 0 Å². The van der Waals surface area contributed by atoms with Crippen molar-refractivity contribution in [2.24, 2.45) is 0 Å². The van der Waals surface area contributed by atoms with Gasteiger partial charge in [0, 0.05) is 6.54 Å². The molecule has 0 aliphatic rings. The van der Waals surface area contributed by atoms with Crippen LogP contribution in [-0.4, -0.2) is 12.6 Å². The molecule has 0 aromatic heterocycles. The summed E-state index contributed by atoms with van der Waals surface area (Å²) in [5.74, 6) is 0.962. The third-order valence-corrected chi connectivity index (χ3v) is 4.50. The van der Waals surface area contributed by atoms with Crippen molar-refractivity contribution in [3.8, 4) is 0 Å². The second-order valence-corrected chi connectivity index (χ2v) is 7.34. The lowest BCUT2D eigenvalue weighted by Crippen LogP contribution is -2.24. The molecule has 0 radical (unpaired) electrons. The molecule has 0 heterocycles. The number of hydrogen-bond acceptors (Lipinski definition) is 2. The predicted molar refractivity (Wildman–Crippen MR) is 113 cm³/mol. The van der Waals surface area contributed by atoms with Crippen molar-refractivity contribution < 1.29 is 9.53 Å². The standard InChI is InChI=1S/C24H31NO2/c1-18(2)21-14-10-15-22(19(3)4)23(21)13-8-9-16-25-24(26)27-17-20-11-6-5-7-12-20/h5-8,10-15,18-19H,9,16-17H2,1-4H3,(H,25,26). The summed E-state index contributed by atoms with van der Waals surface area (Å²) in [7, 11) is 0. The summed E-state index contributed by atoms with van der Waals surface area (Å²) in [4.78, 5) is 11.8. The highest BCUT2D eigenvalue weighted by Crippen LogP contribution is 2.28. The normalized spacial score (nSPS) is 11.3. The zero-order valence-electron chi connectivity index (χ0n) is 16.9. The molecule has 0 aliphatic carbocycles. The van der Waals surface area contributed by atoms with Gasteiger partial charge in [0.15, 0.2) is 0 Å².